The number of carbonyl (C=O) groups excluding carboxylic acids is 2. The van der Waals surface area contributed by atoms with Gasteiger partial charge in [0.25, 0.3) is 0 Å². The van der Waals surface area contributed by atoms with Gasteiger partial charge in [0.15, 0.2) is 0 Å². The molecule has 1 amide bonds. The minimum Gasteiger partial charge on any atom is -0.273 e. The molecule has 2 aromatic rings. The smallest absolute Gasteiger partial charge is 0.249 e. The van der Waals surface area contributed by atoms with Crippen molar-refractivity contribution >= 4 is 45.9 Å². The molecule has 4 nitrogen and oxygen atoms in total. The van der Waals surface area contributed by atoms with Crippen molar-refractivity contribution in [1.29, 1.82) is 0 Å². The lowest BCUT2D eigenvalue weighted by Crippen LogP contribution is -2.14. The average Bonchev–Trinajstić information content (AvgIpc) is 2.75. The fourth-order valence-corrected chi connectivity index (χ4v) is 3.05. The molecule has 0 saturated carbocycles. The van der Waals surface area contributed by atoms with E-state index in [0.29, 0.717) is 9.69 Å². The number of hydrogen-bond acceptors (Lipinski definition) is 3. The van der Waals surface area contributed by atoms with Gasteiger partial charge in [0, 0.05) is 22.2 Å². The minimum absolute atomic E-state index is 0.0224. The lowest BCUT2D eigenvalue weighted by atomic mass is 10.2. The molecule has 0 radical (unpaired) electrons. The van der Waals surface area contributed by atoms with Crippen LogP contribution in [0.5, 0.6) is 0 Å². The lowest BCUT2D eigenvalue weighted by molar-refractivity contribution is -0.120. The van der Waals surface area contributed by atoms with E-state index in [1.54, 1.807) is 36.0 Å². The quantitative estimate of drug-likeness (QED) is 0.845. The van der Waals surface area contributed by atoms with E-state index in [2.05, 4.69) is 4.99 Å². The first kappa shape index (κ1) is 15.9. The monoisotopic (exact) mass is 324 g/mol. The Balaban J connectivity index is 2.75. The molecule has 1 aromatic carbocycles. The Bertz CT molecular complexity index is 772. The van der Waals surface area contributed by atoms with E-state index in [0.717, 1.165) is 10.9 Å². The van der Waals surface area contributed by atoms with Crippen LogP contribution in [0.3, 0.4) is 0 Å². The van der Waals surface area contributed by atoms with Gasteiger partial charge in [-0.25, -0.2) is 8.95 Å². The van der Waals surface area contributed by atoms with Crippen molar-refractivity contribution in [2.75, 3.05) is 0 Å². The maximum absolute atomic E-state index is 12.3. The molecule has 0 aliphatic carbocycles. The summed E-state index contributed by atoms with van der Waals surface area (Å²) >= 11 is 7.21. The molecule has 1 heterocycles. The van der Waals surface area contributed by atoms with Gasteiger partial charge >= 0.3 is 0 Å². The Labute approximate surface area is 132 Å². The second-order valence-corrected chi connectivity index (χ2v) is 6.82. The fourth-order valence-electron chi connectivity index (χ4n) is 1.75. The van der Waals surface area contributed by atoms with Crippen LogP contribution in [0, 0.1) is 11.8 Å². The minimum atomic E-state index is -0.206. The van der Waals surface area contributed by atoms with Gasteiger partial charge in [-0.15, -0.1) is 0 Å². The topological polar surface area (TPSA) is 51.4 Å². The highest BCUT2D eigenvalue weighted by atomic mass is 35.5. The summed E-state index contributed by atoms with van der Waals surface area (Å²) in [5.41, 5.74) is 0.735. The Morgan fingerprint density at radius 1 is 1.19 bits per heavy atom. The van der Waals surface area contributed by atoms with Crippen molar-refractivity contribution in [3.63, 3.8) is 0 Å². The second-order valence-electron chi connectivity index (χ2n) is 5.45. The molecule has 2 rings (SSSR count). The number of amides is 1. The van der Waals surface area contributed by atoms with Crippen LogP contribution >= 0.6 is 23.1 Å². The summed E-state index contributed by atoms with van der Waals surface area (Å²) in [6.07, 6.45) is 0. The van der Waals surface area contributed by atoms with E-state index < -0.39 is 0 Å². The molecule has 1 aromatic heterocycles. The van der Waals surface area contributed by atoms with Gasteiger partial charge in [0.05, 0.1) is 5.52 Å². The Morgan fingerprint density at radius 2 is 1.86 bits per heavy atom. The molecule has 0 unspecified atom stereocenters. The van der Waals surface area contributed by atoms with Crippen molar-refractivity contribution in [2.24, 2.45) is 16.8 Å². The summed E-state index contributed by atoms with van der Waals surface area (Å²) in [6.45, 7) is 7.27. The number of benzene rings is 1. The van der Waals surface area contributed by atoms with Crippen LogP contribution in [0.2, 0.25) is 5.02 Å². The third-order valence-electron chi connectivity index (χ3n) is 2.99. The predicted molar refractivity (Wildman–Crippen MR) is 85.7 cm³/mol. The van der Waals surface area contributed by atoms with Gasteiger partial charge in [-0.2, -0.15) is 0 Å². The van der Waals surface area contributed by atoms with Crippen LogP contribution in [0.1, 0.15) is 32.5 Å². The third kappa shape index (κ3) is 3.24. The highest BCUT2D eigenvalue weighted by molar-refractivity contribution is 7.06. The van der Waals surface area contributed by atoms with E-state index in [-0.39, 0.29) is 23.7 Å². The van der Waals surface area contributed by atoms with Crippen molar-refractivity contribution in [1.82, 2.24) is 3.96 Å². The van der Waals surface area contributed by atoms with E-state index >= 15 is 0 Å². The van der Waals surface area contributed by atoms with Crippen LogP contribution in [-0.4, -0.2) is 15.8 Å². The summed E-state index contributed by atoms with van der Waals surface area (Å²) in [4.78, 5) is 28.3. The largest absolute Gasteiger partial charge is 0.273 e. The molecule has 112 valence electrons. The molecule has 0 fully saturated rings. The van der Waals surface area contributed by atoms with Gasteiger partial charge in [-0.3, -0.25) is 9.59 Å². The van der Waals surface area contributed by atoms with Gasteiger partial charge in [-0.1, -0.05) is 39.3 Å². The van der Waals surface area contributed by atoms with Crippen LogP contribution in [0.4, 0.5) is 0 Å². The molecular formula is C15H17ClN2O2S. The van der Waals surface area contributed by atoms with Gasteiger partial charge in [0.2, 0.25) is 11.8 Å². The van der Waals surface area contributed by atoms with Crippen LogP contribution in [-0.2, 0) is 4.79 Å². The maximum atomic E-state index is 12.3. The van der Waals surface area contributed by atoms with Crippen LogP contribution in [0.25, 0.3) is 10.9 Å². The summed E-state index contributed by atoms with van der Waals surface area (Å²) in [5, 5.41) is 1.29. The zero-order valence-corrected chi connectivity index (χ0v) is 14.0. The zero-order chi connectivity index (χ0) is 15.7. The van der Waals surface area contributed by atoms with Gasteiger partial charge < -0.3 is 0 Å². The van der Waals surface area contributed by atoms with Crippen LogP contribution in [0.15, 0.2) is 23.2 Å². The molecule has 0 bridgehead atoms. The molecule has 0 atom stereocenters. The van der Waals surface area contributed by atoms with Crippen molar-refractivity contribution < 1.29 is 9.59 Å². The van der Waals surface area contributed by atoms with Crippen molar-refractivity contribution in [2.45, 2.75) is 27.7 Å². The van der Waals surface area contributed by atoms with E-state index in [4.69, 9.17) is 11.6 Å². The van der Waals surface area contributed by atoms with Gasteiger partial charge in [0.1, 0.15) is 4.67 Å². The predicted octanol–water partition coefficient (Wildman–Crippen LogP) is 3.74. The molecule has 0 spiro atoms. The zero-order valence-electron chi connectivity index (χ0n) is 12.4. The first-order valence-corrected chi connectivity index (χ1v) is 7.90. The maximum Gasteiger partial charge on any atom is 0.249 e. The van der Waals surface area contributed by atoms with Crippen LogP contribution < -0.4 is 4.67 Å². The molecule has 6 heteroatoms. The van der Waals surface area contributed by atoms with E-state index in [1.165, 1.54) is 11.5 Å². The summed E-state index contributed by atoms with van der Waals surface area (Å²) in [5.74, 6) is -0.551. The molecular weight excluding hydrogens is 308 g/mol. The second kappa shape index (κ2) is 6.12. The van der Waals surface area contributed by atoms with E-state index in [1.807, 2.05) is 13.8 Å². The number of aromatic nitrogens is 1. The molecule has 0 saturated heterocycles. The van der Waals surface area contributed by atoms with E-state index in [9.17, 15) is 9.59 Å². The molecule has 0 aliphatic rings. The number of carbonyl (C=O) groups is 2. The highest BCUT2D eigenvalue weighted by Gasteiger charge is 2.16. The summed E-state index contributed by atoms with van der Waals surface area (Å²) < 4.78 is 2.11. The Morgan fingerprint density at radius 3 is 2.43 bits per heavy atom. The number of hydrogen-bond donors (Lipinski definition) is 0. The molecule has 21 heavy (non-hydrogen) atoms. The number of nitrogens with zero attached hydrogens (tertiary/aromatic N) is 2. The van der Waals surface area contributed by atoms with Crippen molar-refractivity contribution in [3.8, 4) is 0 Å². The summed E-state index contributed by atoms with van der Waals surface area (Å²) in [7, 11) is 0. The standard InChI is InChI=1S/C15H17ClN2O2S/c1-8(2)13(19)17-14-11-7-10(16)5-6-12(11)18(21-14)15(20)9(3)4/h5-9H,1-4H3. The van der Waals surface area contributed by atoms with Gasteiger partial charge in [-0.05, 0) is 29.7 Å². The highest BCUT2D eigenvalue weighted by Crippen LogP contribution is 2.21. The summed E-state index contributed by atoms with van der Waals surface area (Å²) in [6, 6.07) is 5.26. The molecule has 0 aliphatic heterocycles. The number of fused-ring (bicyclic) bond motifs is 1. The number of halogens is 1. The SMILES string of the molecule is CC(C)C(=O)N=c1sn(C(=O)C(C)C)c2ccc(Cl)cc12. The molecule has 0 N–H and O–H groups in total. The van der Waals surface area contributed by atoms with Crippen molar-refractivity contribution in [3.05, 3.63) is 27.9 Å². The number of rotatable bonds is 2. The Hall–Kier alpha value is -1.46. The first-order valence-electron chi connectivity index (χ1n) is 6.75. The fraction of sp³-hybridized carbons (Fsp3) is 0.400. The Kier molecular flexibility index (Phi) is 4.64. The third-order valence-corrected chi connectivity index (χ3v) is 4.26. The normalized spacial score (nSPS) is 12.6. The lowest BCUT2D eigenvalue weighted by Gasteiger charge is -2.04. The average molecular weight is 325 g/mol. The first-order chi connectivity index (χ1) is 9.81.